The molecule has 1 amide bonds. The van der Waals surface area contributed by atoms with E-state index in [1.165, 1.54) is 64.2 Å². The van der Waals surface area contributed by atoms with E-state index in [1.807, 2.05) is 6.92 Å². The van der Waals surface area contributed by atoms with Crippen molar-refractivity contribution >= 4 is 5.91 Å². The van der Waals surface area contributed by atoms with Crippen LogP contribution in [0.3, 0.4) is 0 Å². The molecule has 0 spiro atoms. The van der Waals surface area contributed by atoms with Gasteiger partial charge in [0.05, 0.1) is 0 Å². The summed E-state index contributed by atoms with van der Waals surface area (Å²) in [7, 11) is 0. The molecule has 0 aromatic heterocycles. The van der Waals surface area contributed by atoms with Crippen LogP contribution < -0.4 is 0 Å². The van der Waals surface area contributed by atoms with Crippen molar-refractivity contribution in [2.75, 3.05) is 13.1 Å². The molecule has 0 fully saturated rings. The van der Waals surface area contributed by atoms with E-state index in [0.29, 0.717) is 12.3 Å². The van der Waals surface area contributed by atoms with Crippen LogP contribution in [0.1, 0.15) is 91.4 Å². The minimum Gasteiger partial charge on any atom is -0.343 e. The number of carbonyl (C=O) groups is 1. The lowest BCUT2D eigenvalue weighted by Gasteiger charge is -2.22. The summed E-state index contributed by atoms with van der Waals surface area (Å²) in [6.07, 6.45) is 13.4. The fraction of sp³-hybridized carbons (Fsp3) is 0.941. The first-order valence-electron chi connectivity index (χ1n) is 8.54. The molecule has 0 aliphatic heterocycles. The highest BCUT2D eigenvalue weighted by Gasteiger charge is 2.10. The van der Waals surface area contributed by atoms with Crippen molar-refractivity contribution in [2.45, 2.75) is 91.4 Å². The normalized spacial score (nSPS) is 10.7. The second kappa shape index (κ2) is 13.9. The molecule has 2 heteroatoms. The van der Waals surface area contributed by atoms with E-state index in [2.05, 4.69) is 18.7 Å². The summed E-state index contributed by atoms with van der Waals surface area (Å²) in [6, 6.07) is 0. The Morgan fingerprint density at radius 3 is 1.47 bits per heavy atom. The Morgan fingerprint density at radius 2 is 1.11 bits per heavy atom. The Bertz CT molecular complexity index is 189. The number of hydrogen-bond donors (Lipinski definition) is 0. The molecule has 0 saturated carbocycles. The summed E-state index contributed by atoms with van der Waals surface area (Å²) < 4.78 is 0. The Balaban J connectivity index is 3.73. The van der Waals surface area contributed by atoms with Gasteiger partial charge in [0, 0.05) is 19.5 Å². The molecule has 114 valence electrons. The Morgan fingerprint density at radius 1 is 0.684 bits per heavy atom. The van der Waals surface area contributed by atoms with Crippen LogP contribution in [0.2, 0.25) is 0 Å². The zero-order valence-electron chi connectivity index (χ0n) is 13.5. The topological polar surface area (TPSA) is 20.3 Å². The molecule has 2 nitrogen and oxygen atoms in total. The molecule has 0 atom stereocenters. The predicted molar refractivity (Wildman–Crippen MR) is 84.4 cm³/mol. The Hall–Kier alpha value is -0.530. The standard InChI is InChI=1S/C17H35NO/c1-4-7-9-11-13-15-18(17(19)6-3)16-14-12-10-8-5-2/h4-16H2,1-3H3. The molecule has 0 aliphatic rings. The van der Waals surface area contributed by atoms with Gasteiger partial charge in [-0.3, -0.25) is 4.79 Å². The van der Waals surface area contributed by atoms with Gasteiger partial charge in [0.2, 0.25) is 5.91 Å². The maximum absolute atomic E-state index is 11.9. The monoisotopic (exact) mass is 269 g/mol. The summed E-state index contributed by atoms with van der Waals surface area (Å²) in [5, 5.41) is 0. The maximum Gasteiger partial charge on any atom is 0.222 e. The van der Waals surface area contributed by atoms with Crippen LogP contribution in [-0.2, 0) is 4.79 Å². The van der Waals surface area contributed by atoms with E-state index >= 15 is 0 Å². The summed E-state index contributed by atoms with van der Waals surface area (Å²) in [5.74, 6) is 0.339. The van der Waals surface area contributed by atoms with E-state index < -0.39 is 0 Å². The van der Waals surface area contributed by atoms with Crippen molar-refractivity contribution in [2.24, 2.45) is 0 Å². The first kappa shape index (κ1) is 18.5. The third kappa shape index (κ3) is 11.0. The highest BCUT2D eigenvalue weighted by atomic mass is 16.2. The largest absolute Gasteiger partial charge is 0.343 e. The number of rotatable bonds is 13. The van der Waals surface area contributed by atoms with Crippen molar-refractivity contribution in [1.29, 1.82) is 0 Å². The van der Waals surface area contributed by atoms with E-state index in [4.69, 9.17) is 0 Å². The fourth-order valence-corrected chi connectivity index (χ4v) is 2.40. The van der Waals surface area contributed by atoms with Gasteiger partial charge in [0.15, 0.2) is 0 Å². The molecule has 0 aromatic carbocycles. The lowest BCUT2D eigenvalue weighted by atomic mass is 10.1. The highest BCUT2D eigenvalue weighted by Crippen LogP contribution is 2.08. The van der Waals surface area contributed by atoms with Crippen LogP contribution in [-0.4, -0.2) is 23.9 Å². The predicted octanol–water partition coefficient (Wildman–Crippen LogP) is 5.17. The minimum atomic E-state index is 0.339. The van der Waals surface area contributed by atoms with Gasteiger partial charge < -0.3 is 4.90 Å². The molecule has 19 heavy (non-hydrogen) atoms. The van der Waals surface area contributed by atoms with Gasteiger partial charge in [-0.1, -0.05) is 72.1 Å². The zero-order valence-corrected chi connectivity index (χ0v) is 13.5. The minimum absolute atomic E-state index is 0.339. The fourth-order valence-electron chi connectivity index (χ4n) is 2.40. The number of unbranched alkanes of at least 4 members (excludes halogenated alkanes) is 8. The molecule has 0 saturated heterocycles. The molecule has 0 heterocycles. The van der Waals surface area contributed by atoms with Gasteiger partial charge in [-0.15, -0.1) is 0 Å². The quantitative estimate of drug-likeness (QED) is 0.423. The maximum atomic E-state index is 11.9. The Labute approximate surface area is 120 Å². The van der Waals surface area contributed by atoms with Gasteiger partial charge in [-0.25, -0.2) is 0 Å². The lowest BCUT2D eigenvalue weighted by Crippen LogP contribution is -2.32. The van der Waals surface area contributed by atoms with Crippen molar-refractivity contribution in [1.82, 2.24) is 4.90 Å². The van der Waals surface area contributed by atoms with Crippen molar-refractivity contribution < 1.29 is 4.79 Å². The molecule has 0 aliphatic carbocycles. The third-order valence-electron chi connectivity index (χ3n) is 3.72. The molecular weight excluding hydrogens is 234 g/mol. The number of hydrogen-bond acceptors (Lipinski definition) is 1. The van der Waals surface area contributed by atoms with Gasteiger partial charge in [0.1, 0.15) is 0 Å². The average Bonchev–Trinajstić information content (AvgIpc) is 2.43. The van der Waals surface area contributed by atoms with Gasteiger partial charge in [0.25, 0.3) is 0 Å². The summed E-state index contributed by atoms with van der Waals surface area (Å²) >= 11 is 0. The van der Waals surface area contributed by atoms with Crippen molar-refractivity contribution in [3.05, 3.63) is 0 Å². The summed E-state index contributed by atoms with van der Waals surface area (Å²) in [4.78, 5) is 14.0. The van der Waals surface area contributed by atoms with E-state index in [9.17, 15) is 4.79 Å². The second-order valence-electron chi connectivity index (χ2n) is 5.56. The number of carbonyl (C=O) groups excluding carboxylic acids is 1. The van der Waals surface area contributed by atoms with Gasteiger partial charge >= 0.3 is 0 Å². The van der Waals surface area contributed by atoms with Gasteiger partial charge in [-0.05, 0) is 12.8 Å². The van der Waals surface area contributed by atoms with E-state index in [1.54, 1.807) is 0 Å². The molecule has 0 aromatic rings. The third-order valence-corrected chi connectivity index (χ3v) is 3.72. The van der Waals surface area contributed by atoms with Crippen LogP contribution in [0.4, 0.5) is 0 Å². The first-order valence-corrected chi connectivity index (χ1v) is 8.54. The van der Waals surface area contributed by atoms with Crippen LogP contribution in [0, 0.1) is 0 Å². The molecule has 0 radical (unpaired) electrons. The van der Waals surface area contributed by atoms with Crippen LogP contribution in [0.25, 0.3) is 0 Å². The lowest BCUT2D eigenvalue weighted by molar-refractivity contribution is -0.131. The van der Waals surface area contributed by atoms with Crippen LogP contribution in [0.5, 0.6) is 0 Å². The smallest absolute Gasteiger partial charge is 0.222 e. The average molecular weight is 269 g/mol. The summed E-state index contributed by atoms with van der Waals surface area (Å²) in [5.41, 5.74) is 0. The first-order chi connectivity index (χ1) is 9.26. The van der Waals surface area contributed by atoms with Gasteiger partial charge in [-0.2, -0.15) is 0 Å². The summed E-state index contributed by atoms with van der Waals surface area (Å²) in [6.45, 7) is 8.41. The van der Waals surface area contributed by atoms with Crippen molar-refractivity contribution in [3.63, 3.8) is 0 Å². The van der Waals surface area contributed by atoms with Crippen LogP contribution >= 0.6 is 0 Å². The second-order valence-corrected chi connectivity index (χ2v) is 5.56. The number of amides is 1. The highest BCUT2D eigenvalue weighted by molar-refractivity contribution is 5.75. The molecule has 0 bridgehead atoms. The molecular formula is C17H35NO. The zero-order chi connectivity index (χ0) is 14.3. The van der Waals surface area contributed by atoms with E-state index in [-0.39, 0.29) is 0 Å². The number of nitrogens with zero attached hydrogens (tertiary/aromatic N) is 1. The van der Waals surface area contributed by atoms with Crippen LogP contribution in [0.15, 0.2) is 0 Å². The molecule has 0 N–H and O–H groups in total. The molecule has 0 unspecified atom stereocenters. The van der Waals surface area contributed by atoms with Crippen molar-refractivity contribution in [3.8, 4) is 0 Å². The van der Waals surface area contributed by atoms with E-state index in [0.717, 1.165) is 13.1 Å². The molecule has 0 rings (SSSR count). The SMILES string of the molecule is CCCCCCCN(CCCCCCC)C(=O)CC. The Kier molecular flexibility index (Phi) is 13.5.